The Morgan fingerprint density at radius 2 is 2.05 bits per heavy atom. The van der Waals surface area contributed by atoms with E-state index in [1.165, 1.54) is 12.8 Å². The van der Waals surface area contributed by atoms with Gasteiger partial charge in [-0.05, 0) is 50.6 Å². The highest BCUT2D eigenvalue weighted by molar-refractivity contribution is 9.10. The highest BCUT2D eigenvalue weighted by Crippen LogP contribution is 2.21. The zero-order valence-corrected chi connectivity index (χ0v) is 14.1. The van der Waals surface area contributed by atoms with Gasteiger partial charge in [0, 0.05) is 9.72 Å². The maximum Gasteiger partial charge on any atom is 0.230 e. The number of benzene rings is 1. The van der Waals surface area contributed by atoms with Crippen molar-refractivity contribution in [1.82, 2.24) is 10.6 Å². The first-order valence-electron chi connectivity index (χ1n) is 7.02. The van der Waals surface area contributed by atoms with E-state index >= 15 is 0 Å². The summed E-state index contributed by atoms with van der Waals surface area (Å²) >= 11 is 5.20. The molecule has 1 aliphatic rings. The van der Waals surface area contributed by atoms with E-state index in [1.54, 1.807) is 11.8 Å². The van der Waals surface area contributed by atoms with Crippen LogP contribution in [0.3, 0.4) is 0 Å². The molecule has 0 aliphatic carbocycles. The van der Waals surface area contributed by atoms with Gasteiger partial charge in [-0.25, -0.2) is 0 Å². The average molecular weight is 357 g/mol. The molecule has 1 atom stereocenters. The first-order valence-corrected chi connectivity index (χ1v) is 8.86. The van der Waals surface area contributed by atoms with E-state index < -0.39 is 0 Å². The van der Waals surface area contributed by atoms with Crippen molar-refractivity contribution in [1.29, 1.82) is 0 Å². The predicted molar refractivity (Wildman–Crippen MR) is 89.0 cm³/mol. The van der Waals surface area contributed by atoms with Crippen LogP contribution in [0.15, 0.2) is 28.7 Å². The van der Waals surface area contributed by atoms with Gasteiger partial charge in [0.2, 0.25) is 5.91 Å². The number of nitrogens with one attached hydrogen (secondary N) is 2. The Labute approximate surface area is 133 Å². The molecule has 1 saturated heterocycles. The van der Waals surface area contributed by atoms with Crippen molar-refractivity contribution in [2.75, 3.05) is 18.8 Å². The van der Waals surface area contributed by atoms with Crippen LogP contribution in [0.25, 0.3) is 0 Å². The molecule has 0 unspecified atom stereocenters. The average Bonchev–Trinajstić information content (AvgIpc) is 2.47. The molecule has 0 spiro atoms. The van der Waals surface area contributed by atoms with E-state index in [1.807, 2.05) is 31.2 Å². The van der Waals surface area contributed by atoms with Gasteiger partial charge in [-0.15, -0.1) is 11.8 Å². The first-order chi connectivity index (χ1) is 9.65. The lowest BCUT2D eigenvalue weighted by molar-refractivity contribution is -0.119. The molecular weight excluding hydrogens is 336 g/mol. The lowest BCUT2D eigenvalue weighted by Gasteiger charge is -2.22. The van der Waals surface area contributed by atoms with E-state index in [-0.39, 0.29) is 11.9 Å². The summed E-state index contributed by atoms with van der Waals surface area (Å²) in [6.45, 7) is 4.18. The van der Waals surface area contributed by atoms with Gasteiger partial charge in [-0.1, -0.05) is 28.1 Å². The number of hydrogen-bond donors (Lipinski definition) is 2. The second-order valence-corrected chi connectivity index (χ2v) is 7.31. The first kappa shape index (κ1) is 15.9. The fourth-order valence-electron chi connectivity index (χ4n) is 2.27. The SMILES string of the molecule is C[C@@H](NC(=O)CSC1CCNCC1)c1ccc(Br)cc1. The maximum absolute atomic E-state index is 12.0. The molecule has 1 fully saturated rings. The Morgan fingerprint density at radius 1 is 1.40 bits per heavy atom. The minimum Gasteiger partial charge on any atom is -0.349 e. The van der Waals surface area contributed by atoms with Crippen molar-refractivity contribution in [3.63, 3.8) is 0 Å². The third-order valence-electron chi connectivity index (χ3n) is 3.48. The predicted octanol–water partition coefficient (Wildman–Crippen LogP) is 3.11. The summed E-state index contributed by atoms with van der Waals surface area (Å²) < 4.78 is 1.06. The zero-order chi connectivity index (χ0) is 14.4. The number of thioether (sulfide) groups is 1. The van der Waals surface area contributed by atoms with E-state index in [9.17, 15) is 4.79 Å². The largest absolute Gasteiger partial charge is 0.349 e. The summed E-state index contributed by atoms with van der Waals surface area (Å²) in [5.74, 6) is 0.690. The molecule has 3 nitrogen and oxygen atoms in total. The van der Waals surface area contributed by atoms with Crippen LogP contribution in [0.1, 0.15) is 31.4 Å². The Bertz CT molecular complexity index is 432. The molecule has 0 bridgehead atoms. The molecule has 5 heteroatoms. The summed E-state index contributed by atoms with van der Waals surface area (Å²) in [5, 5.41) is 7.04. The van der Waals surface area contributed by atoms with E-state index in [2.05, 4.69) is 26.6 Å². The van der Waals surface area contributed by atoms with Crippen LogP contribution in [-0.4, -0.2) is 30.0 Å². The molecule has 1 amide bonds. The molecule has 0 aromatic heterocycles. The van der Waals surface area contributed by atoms with Gasteiger partial charge in [0.1, 0.15) is 0 Å². The molecule has 20 heavy (non-hydrogen) atoms. The van der Waals surface area contributed by atoms with Crippen molar-refractivity contribution < 1.29 is 4.79 Å². The molecule has 1 heterocycles. The maximum atomic E-state index is 12.0. The summed E-state index contributed by atoms with van der Waals surface area (Å²) in [7, 11) is 0. The third-order valence-corrected chi connectivity index (χ3v) is 5.38. The number of hydrogen-bond acceptors (Lipinski definition) is 3. The Hall–Kier alpha value is -0.520. The van der Waals surface area contributed by atoms with Crippen LogP contribution < -0.4 is 10.6 Å². The van der Waals surface area contributed by atoms with Gasteiger partial charge in [0.25, 0.3) is 0 Å². The van der Waals surface area contributed by atoms with Crippen LogP contribution in [0.2, 0.25) is 0 Å². The molecule has 2 rings (SSSR count). The molecular formula is C15H21BrN2OS. The number of piperidine rings is 1. The highest BCUT2D eigenvalue weighted by atomic mass is 79.9. The van der Waals surface area contributed by atoms with Gasteiger partial charge in [0.05, 0.1) is 11.8 Å². The summed E-state index contributed by atoms with van der Waals surface area (Å²) in [4.78, 5) is 12.0. The summed E-state index contributed by atoms with van der Waals surface area (Å²) in [6.07, 6.45) is 2.33. The standard InChI is InChI=1S/C15H21BrN2OS/c1-11(12-2-4-13(16)5-3-12)18-15(19)10-20-14-6-8-17-9-7-14/h2-5,11,14,17H,6-10H2,1H3,(H,18,19)/t11-/m1/s1. The van der Waals surface area contributed by atoms with Crippen molar-refractivity contribution in [2.45, 2.75) is 31.1 Å². The minimum atomic E-state index is 0.0595. The van der Waals surface area contributed by atoms with Gasteiger partial charge in [0.15, 0.2) is 0 Å². The fraction of sp³-hybridized carbons (Fsp3) is 0.533. The quantitative estimate of drug-likeness (QED) is 0.851. The van der Waals surface area contributed by atoms with Crippen molar-refractivity contribution in [3.05, 3.63) is 34.3 Å². The number of carbonyl (C=O) groups excluding carboxylic acids is 1. The van der Waals surface area contributed by atoms with E-state index in [0.717, 1.165) is 23.1 Å². The van der Waals surface area contributed by atoms with E-state index in [0.29, 0.717) is 11.0 Å². The lowest BCUT2D eigenvalue weighted by atomic mass is 10.1. The van der Waals surface area contributed by atoms with Crippen molar-refractivity contribution >= 4 is 33.6 Å². The van der Waals surface area contributed by atoms with Gasteiger partial charge < -0.3 is 10.6 Å². The zero-order valence-electron chi connectivity index (χ0n) is 11.7. The smallest absolute Gasteiger partial charge is 0.230 e. The van der Waals surface area contributed by atoms with Crippen LogP contribution in [-0.2, 0) is 4.79 Å². The van der Waals surface area contributed by atoms with Crippen LogP contribution in [0.5, 0.6) is 0 Å². The molecule has 1 aliphatic heterocycles. The van der Waals surface area contributed by atoms with E-state index in [4.69, 9.17) is 0 Å². The Balaban J connectivity index is 1.74. The van der Waals surface area contributed by atoms with Gasteiger partial charge in [-0.3, -0.25) is 4.79 Å². The molecule has 0 saturated carbocycles. The summed E-state index contributed by atoms with van der Waals surface area (Å²) in [5.41, 5.74) is 1.13. The second-order valence-electron chi connectivity index (χ2n) is 5.10. The molecule has 1 aromatic carbocycles. The Kier molecular flexibility index (Phi) is 6.39. The van der Waals surface area contributed by atoms with Crippen molar-refractivity contribution in [3.8, 4) is 0 Å². The normalized spacial score (nSPS) is 17.7. The molecule has 110 valence electrons. The minimum absolute atomic E-state index is 0.0595. The monoisotopic (exact) mass is 356 g/mol. The number of amides is 1. The second kappa shape index (κ2) is 8.05. The molecule has 2 N–H and O–H groups in total. The van der Waals surface area contributed by atoms with Crippen LogP contribution >= 0.6 is 27.7 Å². The Morgan fingerprint density at radius 3 is 2.70 bits per heavy atom. The number of rotatable bonds is 5. The van der Waals surface area contributed by atoms with Gasteiger partial charge >= 0.3 is 0 Å². The fourth-order valence-corrected chi connectivity index (χ4v) is 3.58. The number of halogens is 1. The van der Waals surface area contributed by atoms with Crippen LogP contribution in [0, 0.1) is 0 Å². The third kappa shape index (κ3) is 5.11. The topological polar surface area (TPSA) is 41.1 Å². The molecule has 1 aromatic rings. The van der Waals surface area contributed by atoms with Crippen LogP contribution in [0.4, 0.5) is 0 Å². The van der Waals surface area contributed by atoms with Gasteiger partial charge in [-0.2, -0.15) is 0 Å². The lowest BCUT2D eigenvalue weighted by Crippen LogP contribution is -2.32. The number of carbonyl (C=O) groups is 1. The summed E-state index contributed by atoms with van der Waals surface area (Å²) in [6, 6.07) is 8.14. The van der Waals surface area contributed by atoms with Crippen molar-refractivity contribution in [2.24, 2.45) is 0 Å². The highest BCUT2D eigenvalue weighted by Gasteiger charge is 2.16. The molecule has 0 radical (unpaired) electrons.